The highest BCUT2D eigenvalue weighted by Crippen LogP contribution is 2.35. The molecule has 6 nitrogen and oxygen atoms in total. The Kier molecular flexibility index (Phi) is 3.98. The van der Waals surface area contributed by atoms with Crippen LogP contribution in [0.2, 0.25) is 0 Å². The van der Waals surface area contributed by atoms with Crippen molar-refractivity contribution in [1.29, 1.82) is 0 Å². The maximum atomic E-state index is 12.6. The smallest absolute Gasteiger partial charge is 0.252 e. The van der Waals surface area contributed by atoms with E-state index in [2.05, 4.69) is 10.1 Å². The van der Waals surface area contributed by atoms with E-state index in [-0.39, 0.29) is 0 Å². The molecule has 0 bridgehead atoms. The van der Waals surface area contributed by atoms with E-state index in [1.54, 1.807) is 15.8 Å². The van der Waals surface area contributed by atoms with Crippen molar-refractivity contribution in [3.8, 4) is 11.4 Å². The highest BCUT2D eigenvalue weighted by Gasteiger charge is 2.29. The molecule has 1 aliphatic carbocycles. The van der Waals surface area contributed by atoms with E-state index in [9.17, 15) is 8.42 Å². The molecule has 0 atom stereocenters. The van der Waals surface area contributed by atoms with Crippen LogP contribution in [0.25, 0.3) is 11.4 Å². The summed E-state index contributed by atoms with van der Waals surface area (Å²) < 4.78 is 32.4. The van der Waals surface area contributed by atoms with Gasteiger partial charge in [0.2, 0.25) is 11.7 Å². The largest absolute Gasteiger partial charge is 0.339 e. The molecule has 0 unspecified atom stereocenters. The first-order chi connectivity index (χ1) is 11.1. The Morgan fingerprint density at radius 1 is 1.17 bits per heavy atom. The molecule has 124 valence electrons. The Balaban J connectivity index is 1.58. The molecule has 2 aromatic heterocycles. The number of aromatic nitrogens is 2. The highest BCUT2D eigenvalue weighted by atomic mass is 32.2. The summed E-state index contributed by atoms with van der Waals surface area (Å²) in [6.07, 6.45) is 6.48. The summed E-state index contributed by atoms with van der Waals surface area (Å²) in [7, 11) is -3.37. The molecule has 2 fully saturated rings. The Labute approximate surface area is 139 Å². The molecule has 0 spiro atoms. The van der Waals surface area contributed by atoms with Crippen molar-refractivity contribution in [3.63, 3.8) is 0 Å². The number of hydrogen-bond donors (Lipinski definition) is 0. The van der Waals surface area contributed by atoms with E-state index < -0.39 is 10.0 Å². The maximum Gasteiger partial charge on any atom is 0.252 e. The highest BCUT2D eigenvalue weighted by molar-refractivity contribution is 7.91. The fourth-order valence-electron chi connectivity index (χ4n) is 3.32. The molecule has 1 saturated heterocycles. The van der Waals surface area contributed by atoms with E-state index in [1.165, 1.54) is 24.2 Å². The van der Waals surface area contributed by atoms with Crippen LogP contribution in [0.5, 0.6) is 0 Å². The normalized spacial score (nSPS) is 20.5. The van der Waals surface area contributed by atoms with Crippen LogP contribution in [0.3, 0.4) is 0 Å². The summed E-state index contributed by atoms with van der Waals surface area (Å²) in [5.41, 5.74) is 0.723. The summed E-state index contributed by atoms with van der Waals surface area (Å²) in [6.45, 7) is 1.23. The van der Waals surface area contributed by atoms with E-state index in [0.717, 1.165) is 31.2 Å². The van der Waals surface area contributed by atoms with E-state index in [0.29, 0.717) is 34.9 Å². The molecular weight excluding hydrogens is 334 g/mol. The molecule has 0 aromatic carbocycles. The quantitative estimate of drug-likeness (QED) is 0.843. The molecule has 3 heterocycles. The van der Waals surface area contributed by atoms with Gasteiger partial charge in [0.05, 0.1) is 0 Å². The fourth-order valence-corrected chi connectivity index (χ4v) is 6.14. The minimum absolute atomic E-state index is 0.363. The average molecular weight is 353 g/mol. The third-order valence-corrected chi connectivity index (χ3v) is 7.95. The second kappa shape index (κ2) is 5.99. The van der Waals surface area contributed by atoms with Crippen LogP contribution in [-0.2, 0) is 10.0 Å². The van der Waals surface area contributed by atoms with Gasteiger partial charge < -0.3 is 4.52 Å². The van der Waals surface area contributed by atoms with E-state index >= 15 is 0 Å². The van der Waals surface area contributed by atoms with Gasteiger partial charge in [0, 0.05) is 30.0 Å². The van der Waals surface area contributed by atoms with Gasteiger partial charge >= 0.3 is 0 Å². The minimum atomic E-state index is -3.37. The lowest BCUT2D eigenvalue weighted by atomic mass is 10.1. The van der Waals surface area contributed by atoms with Gasteiger partial charge in [-0.1, -0.05) is 18.0 Å². The fraction of sp³-hybridized carbons (Fsp3) is 0.600. The van der Waals surface area contributed by atoms with E-state index in [1.807, 2.05) is 0 Å². The van der Waals surface area contributed by atoms with Crippen LogP contribution < -0.4 is 0 Å². The molecule has 0 amide bonds. The first-order valence-electron chi connectivity index (χ1n) is 8.07. The lowest BCUT2D eigenvalue weighted by molar-refractivity contribution is 0.354. The molecule has 1 aliphatic heterocycles. The molecular formula is C15H19N3O3S2. The molecule has 0 N–H and O–H groups in total. The van der Waals surface area contributed by atoms with Crippen LogP contribution in [0.1, 0.15) is 50.3 Å². The van der Waals surface area contributed by atoms with Crippen molar-refractivity contribution in [2.45, 2.75) is 48.7 Å². The first kappa shape index (κ1) is 15.3. The Bertz CT molecular complexity index is 785. The zero-order valence-corrected chi connectivity index (χ0v) is 14.4. The molecule has 4 rings (SSSR count). The molecule has 8 heteroatoms. The second-order valence-corrected chi connectivity index (χ2v) is 9.28. The monoisotopic (exact) mass is 353 g/mol. The van der Waals surface area contributed by atoms with Crippen molar-refractivity contribution < 1.29 is 12.9 Å². The SMILES string of the molecule is O=S(=O)(c1cc(-c2noc(C3CCCC3)n2)cs1)N1CCCC1. The van der Waals surface area contributed by atoms with Crippen molar-refractivity contribution in [1.82, 2.24) is 14.4 Å². The molecule has 1 saturated carbocycles. The van der Waals surface area contributed by atoms with Crippen LogP contribution >= 0.6 is 11.3 Å². The van der Waals surface area contributed by atoms with Gasteiger partial charge in [-0.3, -0.25) is 0 Å². The van der Waals surface area contributed by atoms with Crippen molar-refractivity contribution in [3.05, 3.63) is 17.3 Å². The molecule has 2 aromatic rings. The number of thiophene rings is 1. The predicted octanol–water partition coefficient (Wildman–Crippen LogP) is 3.24. The van der Waals surface area contributed by atoms with Crippen molar-refractivity contribution >= 4 is 21.4 Å². The third-order valence-electron chi connectivity index (χ3n) is 4.64. The number of nitrogens with zero attached hydrogens (tertiary/aromatic N) is 3. The summed E-state index contributed by atoms with van der Waals surface area (Å²) in [4.78, 5) is 4.48. The van der Waals surface area contributed by atoms with Crippen molar-refractivity contribution in [2.24, 2.45) is 0 Å². The van der Waals surface area contributed by atoms with Crippen LogP contribution in [0, 0.1) is 0 Å². The number of hydrogen-bond acceptors (Lipinski definition) is 6. The summed E-state index contributed by atoms with van der Waals surface area (Å²) in [6, 6.07) is 1.67. The van der Waals surface area contributed by atoms with Crippen LogP contribution in [-0.4, -0.2) is 36.0 Å². The van der Waals surface area contributed by atoms with Crippen molar-refractivity contribution in [2.75, 3.05) is 13.1 Å². The summed E-state index contributed by atoms with van der Waals surface area (Å²) >= 11 is 1.23. The minimum Gasteiger partial charge on any atom is -0.339 e. The summed E-state index contributed by atoms with van der Waals surface area (Å²) in [5, 5.41) is 5.83. The van der Waals surface area contributed by atoms with Crippen LogP contribution in [0.15, 0.2) is 20.2 Å². The molecule has 23 heavy (non-hydrogen) atoms. The number of sulfonamides is 1. The predicted molar refractivity (Wildman–Crippen MR) is 86.8 cm³/mol. The van der Waals surface area contributed by atoms with Gasteiger partial charge in [0.15, 0.2) is 0 Å². The summed E-state index contributed by atoms with van der Waals surface area (Å²) in [5.74, 6) is 1.54. The maximum absolute atomic E-state index is 12.6. The molecule has 2 aliphatic rings. The zero-order valence-electron chi connectivity index (χ0n) is 12.8. The second-order valence-electron chi connectivity index (χ2n) is 6.20. The van der Waals surface area contributed by atoms with Gasteiger partial charge in [-0.05, 0) is 31.7 Å². The Morgan fingerprint density at radius 3 is 2.65 bits per heavy atom. The lowest BCUT2D eigenvalue weighted by Crippen LogP contribution is -2.27. The topological polar surface area (TPSA) is 76.3 Å². The Hall–Kier alpha value is -1.25. The van der Waals surface area contributed by atoms with Gasteiger partial charge in [0.1, 0.15) is 4.21 Å². The Morgan fingerprint density at radius 2 is 1.91 bits per heavy atom. The zero-order chi connectivity index (χ0) is 15.9. The standard InChI is InChI=1S/C15H19N3O3S2/c19-23(20,18-7-3-4-8-18)13-9-12(10-22-13)14-16-15(21-17-14)11-5-1-2-6-11/h9-11H,1-8H2. The van der Waals surface area contributed by atoms with E-state index in [4.69, 9.17) is 4.52 Å². The number of rotatable bonds is 4. The van der Waals surface area contributed by atoms with Gasteiger partial charge in [-0.2, -0.15) is 9.29 Å². The third kappa shape index (κ3) is 2.83. The van der Waals surface area contributed by atoms with Gasteiger partial charge in [0.25, 0.3) is 10.0 Å². The molecule has 0 radical (unpaired) electrons. The average Bonchev–Trinajstić information content (AvgIpc) is 3.36. The first-order valence-corrected chi connectivity index (χ1v) is 10.4. The van der Waals surface area contributed by atoms with Gasteiger partial charge in [-0.15, -0.1) is 11.3 Å². The van der Waals surface area contributed by atoms with Gasteiger partial charge in [-0.25, -0.2) is 8.42 Å². The van der Waals surface area contributed by atoms with Crippen LogP contribution in [0.4, 0.5) is 0 Å². The lowest BCUT2D eigenvalue weighted by Gasteiger charge is -2.13.